The maximum Gasteiger partial charge on any atom is 0.263 e. The van der Waals surface area contributed by atoms with Gasteiger partial charge < -0.3 is 9.84 Å². The molecule has 0 aliphatic rings. The van der Waals surface area contributed by atoms with E-state index in [0.29, 0.717) is 22.8 Å². The van der Waals surface area contributed by atoms with Crippen molar-refractivity contribution in [1.29, 1.82) is 0 Å². The molecule has 0 unspecified atom stereocenters. The lowest BCUT2D eigenvalue weighted by Gasteiger charge is -2.20. The van der Waals surface area contributed by atoms with Gasteiger partial charge in [-0.2, -0.15) is 0 Å². The van der Waals surface area contributed by atoms with Gasteiger partial charge in [-0.15, -0.1) is 0 Å². The first-order valence-electron chi connectivity index (χ1n) is 10.8. The molecule has 10 heteroatoms. The predicted octanol–water partition coefficient (Wildman–Crippen LogP) is 3.25. The van der Waals surface area contributed by atoms with Crippen molar-refractivity contribution in [3.05, 3.63) is 103 Å². The van der Waals surface area contributed by atoms with Crippen molar-refractivity contribution in [3.8, 4) is 17.3 Å². The largest absolute Gasteiger partial charge is 0.487 e. The van der Waals surface area contributed by atoms with Crippen molar-refractivity contribution < 1.29 is 9.84 Å². The van der Waals surface area contributed by atoms with E-state index in [2.05, 4.69) is 15.0 Å². The number of aromatic nitrogens is 5. The zero-order valence-corrected chi connectivity index (χ0v) is 20.4. The summed E-state index contributed by atoms with van der Waals surface area (Å²) in [5.74, 6) is 0.700. The normalized spacial score (nSPS) is 11.5. The van der Waals surface area contributed by atoms with Crippen molar-refractivity contribution in [3.63, 3.8) is 0 Å². The van der Waals surface area contributed by atoms with Gasteiger partial charge in [0, 0.05) is 42.5 Å². The summed E-state index contributed by atoms with van der Waals surface area (Å²) in [5.41, 5.74) is 0.438. The van der Waals surface area contributed by atoms with Crippen LogP contribution in [0.15, 0.2) is 64.8 Å². The van der Waals surface area contributed by atoms with Gasteiger partial charge in [0.05, 0.1) is 27.6 Å². The summed E-state index contributed by atoms with van der Waals surface area (Å²) in [6, 6.07) is 8.06. The molecule has 4 rings (SSSR count). The third-order valence-electron chi connectivity index (χ3n) is 5.42. The van der Waals surface area contributed by atoms with E-state index < -0.39 is 11.2 Å². The number of halogens is 1. The van der Waals surface area contributed by atoms with Gasteiger partial charge in [0.15, 0.2) is 0 Å². The fraction of sp³-hybridized carbons (Fsp3) is 0.240. The van der Waals surface area contributed by atoms with Crippen LogP contribution in [0.2, 0.25) is 5.02 Å². The lowest BCUT2D eigenvalue weighted by Crippen LogP contribution is -2.32. The maximum atomic E-state index is 13.1. The fourth-order valence-corrected chi connectivity index (χ4v) is 4.12. The van der Waals surface area contributed by atoms with Crippen molar-refractivity contribution in [1.82, 2.24) is 24.1 Å². The summed E-state index contributed by atoms with van der Waals surface area (Å²) in [6.07, 6.45) is 6.12. The minimum absolute atomic E-state index is 0.0594. The van der Waals surface area contributed by atoms with Crippen molar-refractivity contribution in [2.75, 3.05) is 0 Å². The zero-order chi connectivity index (χ0) is 25.3. The van der Waals surface area contributed by atoms with Crippen LogP contribution in [0.25, 0.3) is 11.5 Å². The second kappa shape index (κ2) is 9.44. The van der Waals surface area contributed by atoms with Crippen LogP contribution < -0.4 is 15.9 Å². The van der Waals surface area contributed by atoms with E-state index in [9.17, 15) is 14.7 Å². The molecule has 0 saturated heterocycles. The summed E-state index contributed by atoms with van der Waals surface area (Å²) < 4.78 is 8.56. The first kappa shape index (κ1) is 24.3. The molecule has 0 amide bonds. The standard InChI is InChI=1S/C25H24ClN5O4/c1-15-12-28-21(30-8-6-19(26)23(24(30)33)25(3,4)34)11-20(15)31-16(2)9-18(10-22(31)32)35-13-17-5-7-27-14-29-17/h5-12,14,34H,13H2,1-4H3. The fourth-order valence-electron chi connectivity index (χ4n) is 3.75. The highest BCUT2D eigenvalue weighted by Crippen LogP contribution is 2.25. The minimum atomic E-state index is -1.44. The molecule has 35 heavy (non-hydrogen) atoms. The maximum absolute atomic E-state index is 13.1. The molecule has 4 aromatic heterocycles. The number of ether oxygens (including phenoxy) is 1. The number of hydrogen-bond acceptors (Lipinski definition) is 7. The van der Waals surface area contributed by atoms with E-state index in [1.54, 1.807) is 37.5 Å². The Bertz CT molecular complexity index is 1510. The van der Waals surface area contributed by atoms with E-state index >= 15 is 0 Å². The van der Waals surface area contributed by atoms with Crippen LogP contribution >= 0.6 is 11.6 Å². The van der Waals surface area contributed by atoms with E-state index in [0.717, 1.165) is 5.56 Å². The van der Waals surface area contributed by atoms with Gasteiger partial charge in [0.1, 0.15) is 24.5 Å². The second-order valence-corrected chi connectivity index (χ2v) is 9.00. The minimum Gasteiger partial charge on any atom is -0.487 e. The zero-order valence-electron chi connectivity index (χ0n) is 19.7. The SMILES string of the molecule is Cc1cnc(-n2ccc(Cl)c(C(C)(C)O)c2=O)cc1-n1c(C)cc(OCc2ccncn2)cc1=O. The Hall–Kier alpha value is -3.82. The van der Waals surface area contributed by atoms with Gasteiger partial charge in [-0.25, -0.2) is 15.0 Å². The Kier molecular flexibility index (Phi) is 6.56. The van der Waals surface area contributed by atoms with Crippen molar-refractivity contribution in [2.24, 2.45) is 0 Å². The van der Waals surface area contributed by atoms with Crippen molar-refractivity contribution in [2.45, 2.75) is 39.9 Å². The highest BCUT2D eigenvalue weighted by atomic mass is 35.5. The molecule has 0 aliphatic carbocycles. The van der Waals surface area contributed by atoms with Gasteiger partial charge in [-0.3, -0.25) is 18.7 Å². The molecule has 0 aromatic carbocycles. The van der Waals surface area contributed by atoms with E-state index in [4.69, 9.17) is 16.3 Å². The van der Waals surface area contributed by atoms with Crippen molar-refractivity contribution >= 4 is 11.6 Å². The monoisotopic (exact) mass is 493 g/mol. The number of aliphatic hydroxyl groups is 1. The van der Waals surface area contributed by atoms with Gasteiger partial charge in [0.25, 0.3) is 11.1 Å². The summed E-state index contributed by atoms with van der Waals surface area (Å²) in [7, 11) is 0. The van der Waals surface area contributed by atoms with E-state index in [1.807, 2.05) is 6.92 Å². The van der Waals surface area contributed by atoms with Gasteiger partial charge in [-0.05, 0) is 45.4 Å². The van der Waals surface area contributed by atoms with Crippen LogP contribution in [0, 0.1) is 13.8 Å². The molecule has 1 N–H and O–H groups in total. The summed E-state index contributed by atoms with van der Waals surface area (Å²) in [5, 5.41) is 10.6. The molecule has 0 bridgehead atoms. The van der Waals surface area contributed by atoms with Gasteiger partial charge in [0.2, 0.25) is 0 Å². The highest BCUT2D eigenvalue weighted by molar-refractivity contribution is 6.31. The lowest BCUT2D eigenvalue weighted by atomic mass is 10.00. The molecule has 4 heterocycles. The predicted molar refractivity (Wildman–Crippen MR) is 132 cm³/mol. The second-order valence-electron chi connectivity index (χ2n) is 8.60. The Morgan fingerprint density at radius 1 is 1.11 bits per heavy atom. The topological polar surface area (TPSA) is 112 Å². The van der Waals surface area contributed by atoms with Gasteiger partial charge >= 0.3 is 0 Å². The number of aryl methyl sites for hydroxylation is 2. The molecule has 0 aliphatic heterocycles. The van der Waals surface area contributed by atoms with Crippen LogP contribution in [0.5, 0.6) is 5.75 Å². The van der Waals surface area contributed by atoms with Crippen LogP contribution in [0.4, 0.5) is 0 Å². The van der Waals surface area contributed by atoms with Crippen LogP contribution in [-0.2, 0) is 12.2 Å². The van der Waals surface area contributed by atoms with E-state index in [-0.39, 0.29) is 28.6 Å². The molecule has 9 nitrogen and oxygen atoms in total. The average molecular weight is 494 g/mol. The Labute approximate surface area is 206 Å². The molecule has 0 fully saturated rings. The lowest BCUT2D eigenvalue weighted by molar-refractivity contribution is 0.0769. The summed E-state index contributed by atoms with van der Waals surface area (Å²) in [6.45, 7) is 6.80. The smallest absolute Gasteiger partial charge is 0.263 e. The highest BCUT2D eigenvalue weighted by Gasteiger charge is 2.25. The summed E-state index contributed by atoms with van der Waals surface area (Å²) in [4.78, 5) is 38.6. The number of rotatable bonds is 6. The Morgan fingerprint density at radius 3 is 2.54 bits per heavy atom. The molecule has 0 radical (unpaired) electrons. The quantitative estimate of drug-likeness (QED) is 0.438. The number of hydrogen-bond donors (Lipinski definition) is 1. The molecule has 0 spiro atoms. The summed E-state index contributed by atoms with van der Waals surface area (Å²) >= 11 is 6.19. The third kappa shape index (κ3) is 5.01. The number of nitrogens with zero attached hydrogens (tertiary/aromatic N) is 5. The van der Waals surface area contributed by atoms with E-state index in [1.165, 1.54) is 47.6 Å². The molecule has 0 saturated carbocycles. The first-order chi connectivity index (χ1) is 16.6. The Balaban J connectivity index is 1.75. The number of pyridine rings is 3. The van der Waals surface area contributed by atoms with Gasteiger partial charge in [-0.1, -0.05) is 11.6 Å². The van der Waals surface area contributed by atoms with Crippen LogP contribution in [0.1, 0.15) is 36.4 Å². The average Bonchev–Trinajstić information content (AvgIpc) is 2.78. The van der Waals surface area contributed by atoms with Crippen LogP contribution in [0.3, 0.4) is 0 Å². The molecule has 180 valence electrons. The molecular formula is C25H24ClN5O4. The molecular weight excluding hydrogens is 470 g/mol. The third-order valence-corrected chi connectivity index (χ3v) is 5.74. The van der Waals surface area contributed by atoms with Crippen LogP contribution in [-0.4, -0.2) is 29.2 Å². The first-order valence-corrected chi connectivity index (χ1v) is 11.2. The Morgan fingerprint density at radius 2 is 1.89 bits per heavy atom. The molecule has 0 atom stereocenters. The molecule has 4 aromatic rings.